The number of carbonyl (C=O) groups is 1. The Morgan fingerprint density at radius 1 is 1.38 bits per heavy atom. The molecule has 2 aliphatic heterocycles. The summed E-state index contributed by atoms with van der Waals surface area (Å²) in [7, 11) is 0. The number of rotatable bonds is 4. The molecule has 0 saturated carbocycles. The van der Waals surface area contributed by atoms with Crippen LogP contribution in [0.2, 0.25) is 0 Å². The molecule has 2 fully saturated rings. The third-order valence-electron chi connectivity index (χ3n) is 4.36. The highest BCUT2D eigenvalue weighted by atomic mass is 16.3. The van der Waals surface area contributed by atoms with Gasteiger partial charge in [0.05, 0.1) is 12.6 Å². The molecule has 0 aromatic carbocycles. The van der Waals surface area contributed by atoms with E-state index in [2.05, 4.69) is 11.8 Å². The molecule has 2 heterocycles. The standard InChI is InChI=1S/C13H23NO2/c1-3-9(2)13(16)8-14-10-4-5-11(14)7-12(15)6-10/h9-12,15H,3-8H2,1-2H3. The van der Waals surface area contributed by atoms with Gasteiger partial charge in [-0.3, -0.25) is 9.69 Å². The van der Waals surface area contributed by atoms with Crippen LogP contribution in [0.1, 0.15) is 46.0 Å². The third-order valence-corrected chi connectivity index (χ3v) is 4.36. The second kappa shape index (κ2) is 4.84. The largest absolute Gasteiger partial charge is 0.393 e. The van der Waals surface area contributed by atoms with Crippen LogP contribution < -0.4 is 0 Å². The molecule has 16 heavy (non-hydrogen) atoms. The molecule has 2 bridgehead atoms. The fraction of sp³-hybridized carbons (Fsp3) is 0.923. The van der Waals surface area contributed by atoms with E-state index in [1.807, 2.05) is 6.92 Å². The number of fused-ring (bicyclic) bond motifs is 2. The number of nitrogens with zero attached hydrogens (tertiary/aromatic N) is 1. The molecular weight excluding hydrogens is 202 g/mol. The van der Waals surface area contributed by atoms with Crippen LogP contribution in [0.4, 0.5) is 0 Å². The van der Waals surface area contributed by atoms with Crippen molar-refractivity contribution in [3.63, 3.8) is 0 Å². The quantitative estimate of drug-likeness (QED) is 0.790. The van der Waals surface area contributed by atoms with Crippen molar-refractivity contribution in [2.24, 2.45) is 5.92 Å². The molecule has 0 aromatic rings. The fourth-order valence-electron chi connectivity index (χ4n) is 3.07. The Bertz CT molecular complexity index is 253. The zero-order valence-corrected chi connectivity index (χ0v) is 10.4. The van der Waals surface area contributed by atoms with Crippen LogP contribution >= 0.6 is 0 Å². The lowest BCUT2D eigenvalue weighted by Gasteiger charge is -2.37. The third kappa shape index (κ3) is 2.30. The highest BCUT2D eigenvalue weighted by molar-refractivity contribution is 5.82. The number of aliphatic hydroxyl groups is 1. The molecule has 3 heteroatoms. The fourth-order valence-corrected chi connectivity index (χ4v) is 3.07. The van der Waals surface area contributed by atoms with Crippen molar-refractivity contribution in [2.45, 2.75) is 64.1 Å². The summed E-state index contributed by atoms with van der Waals surface area (Å²) < 4.78 is 0. The molecule has 0 radical (unpaired) electrons. The Morgan fingerprint density at radius 2 is 1.94 bits per heavy atom. The van der Waals surface area contributed by atoms with Crippen molar-refractivity contribution in [2.75, 3.05) is 6.54 Å². The second-order valence-corrected chi connectivity index (χ2v) is 5.46. The molecule has 2 saturated heterocycles. The van der Waals surface area contributed by atoms with Gasteiger partial charge >= 0.3 is 0 Å². The first-order valence-corrected chi connectivity index (χ1v) is 6.58. The lowest BCUT2D eigenvalue weighted by molar-refractivity contribution is -0.125. The van der Waals surface area contributed by atoms with Crippen molar-refractivity contribution in [1.29, 1.82) is 0 Å². The van der Waals surface area contributed by atoms with Crippen molar-refractivity contribution in [3.8, 4) is 0 Å². The summed E-state index contributed by atoms with van der Waals surface area (Å²) >= 11 is 0. The lowest BCUT2D eigenvalue weighted by Crippen LogP contribution is -2.47. The Labute approximate surface area is 97.8 Å². The zero-order chi connectivity index (χ0) is 11.7. The summed E-state index contributed by atoms with van der Waals surface area (Å²) in [4.78, 5) is 14.3. The van der Waals surface area contributed by atoms with Gasteiger partial charge < -0.3 is 5.11 Å². The van der Waals surface area contributed by atoms with Crippen LogP contribution in [0.15, 0.2) is 0 Å². The van der Waals surface area contributed by atoms with Gasteiger partial charge in [-0.1, -0.05) is 13.8 Å². The van der Waals surface area contributed by atoms with Crippen molar-refractivity contribution in [3.05, 3.63) is 0 Å². The highest BCUT2D eigenvalue weighted by Gasteiger charge is 2.40. The van der Waals surface area contributed by atoms with E-state index in [4.69, 9.17) is 0 Å². The molecule has 0 spiro atoms. The normalized spacial score (nSPS) is 36.3. The van der Waals surface area contributed by atoms with Crippen molar-refractivity contribution < 1.29 is 9.90 Å². The van der Waals surface area contributed by atoms with Crippen molar-refractivity contribution >= 4 is 5.78 Å². The topological polar surface area (TPSA) is 40.5 Å². The van der Waals surface area contributed by atoms with E-state index in [0.717, 1.165) is 32.1 Å². The van der Waals surface area contributed by atoms with Crippen LogP contribution in [0.5, 0.6) is 0 Å². The average molecular weight is 225 g/mol. The lowest BCUT2D eigenvalue weighted by atomic mass is 9.97. The van der Waals surface area contributed by atoms with Crippen molar-refractivity contribution in [1.82, 2.24) is 4.90 Å². The summed E-state index contributed by atoms with van der Waals surface area (Å²) in [6.45, 7) is 4.69. The minimum Gasteiger partial charge on any atom is -0.393 e. The molecule has 2 aliphatic rings. The van der Waals surface area contributed by atoms with E-state index in [1.165, 1.54) is 0 Å². The number of carbonyl (C=O) groups excluding carboxylic acids is 1. The van der Waals surface area contributed by atoms with Gasteiger partial charge in [0.25, 0.3) is 0 Å². The van der Waals surface area contributed by atoms with E-state index in [9.17, 15) is 9.90 Å². The summed E-state index contributed by atoms with van der Waals surface area (Å²) in [5, 5.41) is 9.69. The Balaban J connectivity index is 1.94. The van der Waals surface area contributed by atoms with Crippen LogP contribution in [-0.4, -0.2) is 40.5 Å². The summed E-state index contributed by atoms with van der Waals surface area (Å²) in [6.07, 6.45) is 4.86. The molecule has 0 aliphatic carbocycles. The van der Waals surface area contributed by atoms with E-state index >= 15 is 0 Å². The van der Waals surface area contributed by atoms with E-state index in [1.54, 1.807) is 0 Å². The Hall–Kier alpha value is -0.410. The SMILES string of the molecule is CCC(C)C(=O)CN1C2CCC1CC(O)C2. The maximum atomic E-state index is 11.9. The molecule has 0 amide bonds. The number of hydrogen-bond acceptors (Lipinski definition) is 3. The van der Waals surface area contributed by atoms with Crippen LogP contribution in [0.3, 0.4) is 0 Å². The Kier molecular flexibility index (Phi) is 3.65. The second-order valence-electron chi connectivity index (χ2n) is 5.46. The molecule has 3 nitrogen and oxygen atoms in total. The zero-order valence-electron chi connectivity index (χ0n) is 10.4. The molecular formula is C13H23NO2. The average Bonchev–Trinajstić information content (AvgIpc) is 2.51. The van der Waals surface area contributed by atoms with E-state index < -0.39 is 0 Å². The molecule has 3 atom stereocenters. The molecule has 92 valence electrons. The number of Topliss-reactive ketones (excluding diaryl/α,β-unsaturated/α-hetero) is 1. The number of aliphatic hydroxyl groups excluding tert-OH is 1. The maximum Gasteiger partial charge on any atom is 0.149 e. The predicted octanol–water partition coefficient (Wildman–Crippen LogP) is 1.59. The smallest absolute Gasteiger partial charge is 0.149 e. The minimum atomic E-state index is -0.132. The first kappa shape index (κ1) is 12.1. The van der Waals surface area contributed by atoms with Gasteiger partial charge in [-0.15, -0.1) is 0 Å². The summed E-state index contributed by atoms with van der Waals surface area (Å²) in [5.74, 6) is 0.557. The van der Waals surface area contributed by atoms with Gasteiger partial charge in [0.15, 0.2) is 0 Å². The first-order chi connectivity index (χ1) is 7.61. The van der Waals surface area contributed by atoms with Gasteiger partial charge in [-0.05, 0) is 32.1 Å². The van der Waals surface area contributed by atoms with E-state index in [0.29, 0.717) is 24.4 Å². The number of ketones is 1. The van der Waals surface area contributed by atoms with Crippen LogP contribution in [-0.2, 0) is 4.79 Å². The number of piperidine rings is 1. The highest BCUT2D eigenvalue weighted by Crippen LogP contribution is 2.35. The first-order valence-electron chi connectivity index (χ1n) is 6.58. The molecule has 1 N–H and O–H groups in total. The van der Waals surface area contributed by atoms with Gasteiger partial charge in [-0.2, -0.15) is 0 Å². The van der Waals surface area contributed by atoms with Crippen LogP contribution in [0.25, 0.3) is 0 Å². The van der Waals surface area contributed by atoms with E-state index in [-0.39, 0.29) is 12.0 Å². The van der Waals surface area contributed by atoms with Gasteiger partial charge in [-0.25, -0.2) is 0 Å². The van der Waals surface area contributed by atoms with Gasteiger partial charge in [0.2, 0.25) is 0 Å². The monoisotopic (exact) mass is 225 g/mol. The van der Waals surface area contributed by atoms with Gasteiger partial charge in [0, 0.05) is 18.0 Å². The van der Waals surface area contributed by atoms with Gasteiger partial charge in [0.1, 0.15) is 5.78 Å². The summed E-state index contributed by atoms with van der Waals surface area (Å²) in [6, 6.07) is 0.920. The predicted molar refractivity (Wildman–Crippen MR) is 63.2 cm³/mol. The maximum absolute atomic E-state index is 11.9. The Morgan fingerprint density at radius 3 is 2.44 bits per heavy atom. The minimum absolute atomic E-state index is 0.132. The molecule has 0 aromatic heterocycles. The number of hydrogen-bond donors (Lipinski definition) is 1. The molecule has 3 unspecified atom stereocenters. The summed E-state index contributed by atoms with van der Waals surface area (Å²) in [5.41, 5.74) is 0. The van der Waals surface area contributed by atoms with Crippen LogP contribution in [0, 0.1) is 5.92 Å². The molecule has 2 rings (SSSR count).